The van der Waals surface area contributed by atoms with Gasteiger partial charge in [-0.05, 0) is 30.2 Å². The minimum Gasteiger partial charge on any atom is -0.619 e. The summed E-state index contributed by atoms with van der Waals surface area (Å²) in [5, 5.41) is 13.8. The molecule has 1 aliphatic heterocycles. The van der Waals surface area contributed by atoms with Crippen molar-refractivity contribution in [2.45, 2.75) is 44.4 Å². The first kappa shape index (κ1) is 25.5. The summed E-state index contributed by atoms with van der Waals surface area (Å²) in [6, 6.07) is 4.81. The van der Waals surface area contributed by atoms with Gasteiger partial charge in [-0.25, -0.2) is 26.9 Å². The van der Waals surface area contributed by atoms with E-state index in [2.05, 4.69) is 10.3 Å². The van der Waals surface area contributed by atoms with Crippen molar-refractivity contribution in [1.29, 1.82) is 0 Å². The highest BCUT2D eigenvalue weighted by Crippen LogP contribution is 2.40. The third-order valence-corrected chi connectivity index (χ3v) is 6.32. The Labute approximate surface area is 203 Å². The average molecular weight is 509 g/mol. The van der Waals surface area contributed by atoms with E-state index in [-0.39, 0.29) is 36.8 Å². The quantitative estimate of drug-likeness (QED) is 0.299. The number of nitrogens with one attached hydrogen (secondary N) is 1. The molecule has 192 valence electrons. The van der Waals surface area contributed by atoms with Gasteiger partial charge in [0.1, 0.15) is 24.1 Å². The van der Waals surface area contributed by atoms with Crippen LogP contribution in [0.1, 0.15) is 36.2 Å². The first-order chi connectivity index (χ1) is 17.1. The highest BCUT2D eigenvalue weighted by molar-refractivity contribution is 5.93. The smallest absolute Gasteiger partial charge is 0.257 e. The highest BCUT2D eigenvalue weighted by Gasteiger charge is 2.46. The summed E-state index contributed by atoms with van der Waals surface area (Å²) in [6.07, 6.45) is 3.18. The average Bonchev–Trinajstić information content (AvgIpc) is 3.19. The van der Waals surface area contributed by atoms with Gasteiger partial charge in [-0.15, -0.1) is 0 Å². The van der Waals surface area contributed by atoms with Crippen molar-refractivity contribution in [3.05, 3.63) is 82.7 Å². The predicted octanol–water partition coefficient (Wildman–Crippen LogP) is 3.76. The van der Waals surface area contributed by atoms with Crippen molar-refractivity contribution in [2.24, 2.45) is 0 Å². The van der Waals surface area contributed by atoms with Crippen LogP contribution >= 0.6 is 0 Å². The highest BCUT2D eigenvalue weighted by atomic mass is 19.3. The second-order valence-electron chi connectivity index (χ2n) is 8.80. The number of halogens is 5. The Morgan fingerprint density at radius 2 is 1.92 bits per heavy atom. The molecule has 2 aromatic heterocycles. The molecule has 7 nitrogen and oxygen atoms in total. The number of carbonyl (C=O) groups excluding carboxylic acids is 1. The maximum absolute atomic E-state index is 14.6. The number of nitrogens with zero attached hydrogens (tertiary/aromatic N) is 4. The zero-order chi connectivity index (χ0) is 26.0. The summed E-state index contributed by atoms with van der Waals surface area (Å²) in [6.45, 7) is 0.374. The second kappa shape index (κ2) is 10.2. The molecule has 4 rings (SSSR count). The molecular weight excluding hydrogens is 485 g/mol. The van der Waals surface area contributed by atoms with Gasteiger partial charge < -0.3 is 15.1 Å². The number of alkyl halides is 3. The lowest BCUT2D eigenvalue weighted by Crippen LogP contribution is -2.52. The van der Waals surface area contributed by atoms with E-state index in [1.165, 1.54) is 22.9 Å². The lowest BCUT2D eigenvalue weighted by Gasteiger charge is -2.40. The van der Waals surface area contributed by atoms with Gasteiger partial charge in [0.05, 0.1) is 12.0 Å². The van der Waals surface area contributed by atoms with Crippen LogP contribution in [0.5, 0.6) is 0 Å². The van der Waals surface area contributed by atoms with E-state index < -0.39 is 48.5 Å². The molecule has 1 aliphatic rings. The molecule has 1 N–H and O–H groups in total. The number of carbonyl (C=O) groups is 1. The number of piperidine rings is 1. The number of aromatic nitrogens is 3. The molecule has 1 saturated heterocycles. The standard InChI is InChI=1S/C24H24F5N5O2/c1-15(32-7-4-24(28,29)20(13-32)17-2-5-34(36)6-3-17)23(35)31-21-14-33(22(11-25)30-21)12-16-8-18(26)10-19(27)9-16/h2-3,5-6,8-10,14-15,20H,4,7,11-13H2,1H3,(H,31,35)/t15?,20-/m1/s1. The van der Waals surface area contributed by atoms with Crippen LogP contribution in [-0.4, -0.2) is 45.4 Å². The second-order valence-corrected chi connectivity index (χ2v) is 8.80. The number of pyridine rings is 1. The molecule has 1 fully saturated rings. The third-order valence-electron chi connectivity index (χ3n) is 6.32. The fourth-order valence-electron chi connectivity index (χ4n) is 4.34. The molecule has 1 aromatic carbocycles. The molecule has 2 atom stereocenters. The molecule has 0 aliphatic carbocycles. The monoisotopic (exact) mass is 509 g/mol. The van der Waals surface area contributed by atoms with Crippen LogP contribution in [0.4, 0.5) is 27.8 Å². The zero-order valence-corrected chi connectivity index (χ0v) is 19.3. The zero-order valence-electron chi connectivity index (χ0n) is 19.3. The van der Waals surface area contributed by atoms with Crippen LogP contribution in [0, 0.1) is 16.8 Å². The Balaban J connectivity index is 1.46. The number of imidazole rings is 1. The lowest BCUT2D eigenvalue weighted by atomic mass is 9.87. The van der Waals surface area contributed by atoms with E-state index in [9.17, 15) is 32.0 Å². The molecular formula is C24H24F5N5O2. The van der Waals surface area contributed by atoms with Crippen molar-refractivity contribution >= 4 is 11.7 Å². The van der Waals surface area contributed by atoms with Gasteiger partial charge >= 0.3 is 0 Å². The summed E-state index contributed by atoms with van der Waals surface area (Å²) in [4.78, 5) is 18.5. The van der Waals surface area contributed by atoms with E-state index in [1.807, 2.05) is 0 Å². The third kappa shape index (κ3) is 5.64. The number of rotatable bonds is 7. The molecule has 0 bridgehead atoms. The summed E-state index contributed by atoms with van der Waals surface area (Å²) in [5.41, 5.74) is 0.541. The van der Waals surface area contributed by atoms with Crippen LogP contribution in [-0.2, 0) is 18.0 Å². The lowest BCUT2D eigenvalue weighted by molar-refractivity contribution is -0.605. The summed E-state index contributed by atoms with van der Waals surface area (Å²) in [7, 11) is 0. The number of hydrogen-bond donors (Lipinski definition) is 1. The molecule has 1 unspecified atom stereocenters. The first-order valence-electron chi connectivity index (χ1n) is 11.2. The number of benzene rings is 1. The van der Waals surface area contributed by atoms with E-state index >= 15 is 0 Å². The fraction of sp³-hybridized carbons (Fsp3) is 0.375. The summed E-state index contributed by atoms with van der Waals surface area (Å²) in [5.74, 6) is -6.32. The van der Waals surface area contributed by atoms with E-state index in [4.69, 9.17) is 0 Å². The Morgan fingerprint density at radius 3 is 2.56 bits per heavy atom. The predicted molar refractivity (Wildman–Crippen MR) is 120 cm³/mol. The topological polar surface area (TPSA) is 77.1 Å². The molecule has 36 heavy (non-hydrogen) atoms. The largest absolute Gasteiger partial charge is 0.619 e. The van der Waals surface area contributed by atoms with E-state index in [0.29, 0.717) is 10.3 Å². The molecule has 0 spiro atoms. The Hall–Kier alpha value is -3.54. The molecule has 1 amide bonds. The van der Waals surface area contributed by atoms with Gasteiger partial charge in [-0.3, -0.25) is 9.69 Å². The molecule has 0 saturated carbocycles. The van der Waals surface area contributed by atoms with Gasteiger partial charge in [-0.1, -0.05) is 0 Å². The van der Waals surface area contributed by atoms with Crippen LogP contribution in [0.25, 0.3) is 0 Å². The molecule has 12 heteroatoms. The summed E-state index contributed by atoms with van der Waals surface area (Å²) >= 11 is 0. The van der Waals surface area contributed by atoms with Gasteiger partial charge in [0.15, 0.2) is 18.2 Å². The van der Waals surface area contributed by atoms with Crippen molar-refractivity contribution in [3.63, 3.8) is 0 Å². The number of likely N-dealkylation sites (tertiary alicyclic amines) is 1. The number of hydrogen-bond acceptors (Lipinski definition) is 4. The van der Waals surface area contributed by atoms with Crippen molar-refractivity contribution in [3.8, 4) is 0 Å². The summed E-state index contributed by atoms with van der Waals surface area (Å²) < 4.78 is 71.6. The van der Waals surface area contributed by atoms with Crippen LogP contribution < -0.4 is 10.0 Å². The minimum absolute atomic E-state index is 0.0260. The Bertz CT molecular complexity index is 1210. The molecule has 3 heterocycles. The molecule has 0 radical (unpaired) electrons. The van der Waals surface area contributed by atoms with Gasteiger partial charge in [-0.2, -0.15) is 4.73 Å². The van der Waals surface area contributed by atoms with Crippen molar-refractivity contribution < 1.29 is 31.5 Å². The number of amides is 1. The fourth-order valence-corrected chi connectivity index (χ4v) is 4.34. The van der Waals surface area contributed by atoms with Crippen molar-refractivity contribution in [1.82, 2.24) is 14.5 Å². The van der Waals surface area contributed by atoms with Crippen molar-refractivity contribution in [2.75, 3.05) is 18.4 Å². The van der Waals surface area contributed by atoms with Crippen LogP contribution in [0.15, 0.2) is 48.9 Å². The first-order valence-corrected chi connectivity index (χ1v) is 11.2. The van der Waals surface area contributed by atoms with E-state index in [1.54, 1.807) is 11.8 Å². The number of anilines is 1. The van der Waals surface area contributed by atoms with Gasteiger partial charge in [0.25, 0.3) is 5.92 Å². The Kier molecular flexibility index (Phi) is 7.25. The maximum atomic E-state index is 14.6. The normalized spacial score (nSPS) is 18.7. The van der Waals surface area contributed by atoms with E-state index in [0.717, 1.165) is 30.6 Å². The Morgan fingerprint density at radius 1 is 1.25 bits per heavy atom. The minimum atomic E-state index is -3.01. The molecule has 3 aromatic rings. The van der Waals surface area contributed by atoms with Crippen LogP contribution in [0.2, 0.25) is 0 Å². The van der Waals surface area contributed by atoms with Crippen LogP contribution in [0.3, 0.4) is 0 Å². The van der Waals surface area contributed by atoms with Gasteiger partial charge in [0, 0.05) is 50.5 Å². The SMILES string of the molecule is CC(C(=O)Nc1cn(Cc2cc(F)cc(F)c2)c(CF)n1)N1CCC(F)(F)[C@@H](c2cc[n+]([O-])cc2)C1. The van der Waals surface area contributed by atoms with Gasteiger partial charge in [0.2, 0.25) is 5.91 Å². The maximum Gasteiger partial charge on any atom is 0.257 e.